The molecule has 104 valence electrons. The molecule has 0 spiro atoms. The van der Waals surface area contributed by atoms with E-state index in [2.05, 4.69) is 52.3 Å². The summed E-state index contributed by atoms with van der Waals surface area (Å²) in [5, 5.41) is 0. The van der Waals surface area contributed by atoms with Crippen LogP contribution in [0.2, 0.25) is 0 Å². The average molecular weight is 268 g/mol. The second-order valence-corrected chi connectivity index (χ2v) is 5.13. The summed E-state index contributed by atoms with van der Waals surface area (Å²) in [7, 11) is 2.08. The predicted octanol–water partition coefficient (Wildman–Crippen LogP) is 2.01. The molecule has 1 unspecified atom stereocenters. The molecule has 20 heavy (non-hydrogen) atoms. The van der Waals surface area contributed by atoms with E-state index in [0.29, 0.717) is 6.54 Å². The maximum absolute atomic E-state index is 5.82. The zero-order valence-electron chi connectivity index (χ0n) is 11.7. The van der Waals surface area contributed by atoms with Gasteiger partial charge in [0.25, 0.3) is 0 Å². The Bertz CT molecular complexity index is 559. The van der Waals surface area contributed by atoms with Crippen LogP contribution in [0, 0.1) is 0 Å². The topological polar surface area (TPSA) is 45.4 Å². The maximum Gasteiger partial charge on any atom is 0.0618 e. The van der Waals surface area contributed by atoms with Gasteiger partial charge in [0.1, 0.15) is 0 Å². The van der Waals surface area contributed by atoms with Gasteiger partial charge < -0.3 is 15.5 Å². The third kappa shape index (κ3) is 2.23. The SMILES string of the molecule is CN1C=CC=C2C1=CCN2C(CCN)c1cccnc1. The van der Waals surface area contributed by atoms with Crippen LogP contribution in [-0.2, 0) is 0 Å². The van der Waals surface area contributed by atoms with Gasteiger partial charge in [0.2, 0.25) is 0 Å². The minimum Gasteiger partial charge on any atom is -0.359 e. The summed E-state index contributed by atoms with van der Waals surface area (Å²) in [4.78, 5) is 8.83. The lowest BCUT2D eigenvalue weighted by molar-refractivity contribution is 0.279. The summed E-state index contributed by atoms with van der Waals surface area (Å²) in [6.07, 6.45) is 13.3. The predicted molar refractivity (Wildman–Crippen MR) is 80.4 cm³/mol. The second kappa shape index (κ2) is 5.51. The monoisotopic (exact) mass is 268 g/mol. The molecule has 0 bridgehead atoms. The summed E-state index contributed by atoms with van der Waals surface area (Å²) in [6.45, 7) is 1.59. The Morgan fingerprint density at radius 1 is 1.40 bits per heavy atom. The van der Waals surface area contributed by atoms with Crippen molar-refractivity contribution < 1.29 is 0 Å². The minimum atomic E-state index is 0.286. The number of fused-ring (bicyclic) bond motifs is 1. The lowest BCUT2D eigenvalue weighted by Crippen LogP contribution is -2.29. The molecule has 0 saturated carbocycles. The van der Waals surface area contributed by atoms with Gasteiger partial charge in [-0.3, -0.25) is 4.98 Å². The standard InChI is InChI=1S/C16H20N4/c1-19-10-3-5-16-15(19)7-11-20(16)14(6-8-17)13-4-2-9-18-12-13/h2-5,7,9-10,12,14H,6,8,11,17H2,1H3. The number of nitrogens with zero attached hydrogens (tertiary/aromatic N) is 3. The molecule has 3 rings (SSSR count). The van der Waals surface area contributed by atoms with Crippen molar-refractivity contribution in [3.63, 3.8) is 0 Å². The van der Waals surface area contributed by atoms with Gasteiger partial charge in [-0.2, -0.15) is 0 Å². The molecular weight excluding hydrogens is 248 g/mol. The second-order valence-electron chi connectivity index (χ2n) is 5.13. The van der Waals surface area contributed by atoms with Crippen LogP contribution in [0.15, 0.2) is 60.3 Å². The smallest absolute Gasteiger partial charge is 0.0618 e. The van der Waals surface area contributed by atoms with E-state index >= 15 is 0 Å². The summed E-state index contributed by atoms with van der Waals surface area (Å²) in [5.41, 5.74) is 9.60. The minimum absolute atomic E-state index is 0.286. The summed E-state index contributed by atoms with van der Waals surface area (Å²) >= 11 is 0. The number of allylic oxidation sites excluding steroid dienone is 2. The fraction of sp³-hybridized carbons (Fsp3) is 0.312. The lowest BCUT2D eigenvalue weighted by Gasteiger charge is -2.33. The van der Waals surface area contributed by atoms with E-state index in [1.165, 1.54) is 17.0 Å². The zero-order chi connectivity index (χ0) is 13.9. The van der Waals surface area contributed by atoms with Crippen LogP contribution in [0.25, 0.3) is 0 Å². The molecule has 4 heteroatoms. The first-order chi connectivity index (χ1) is 9.81. The number of hydrogen-bond donors (Lipinski definition) is 1. The van der Waals surface area contributed by atoms with Crippen LogP contribution in [-0.4, -0.2) is 34.9 Å². The van der Waals surface area contributed by atoms with Crippen molar-refractivity contribution in [2.45, 2.75) is 12.5 Å². The van der Waals surface area contributed by atoms with Crippen LogP contribution >= 0.6 is 0 Å². The lowest BCUT2D eigenvalue weighted by atomic mass is 10.0. The third-order valence-electron chi connectivity index (χ3n) is 3.88. The Balaban J connectivity index is 1.91. The molecule has 0 saturated heterocycles. The van der Waals surface area contributed by atoms with Crippen LogP contribution in [0.3, 0.4) is 0 Å². The van der Waals surface area contributed by atoms with Gasteiger partial charge in [-0.25, -0.2) is 0 Å². The van der Waals surface area contributed by atoms with Gasteiger partial charge in [0.15, 0.2) is 0 Å². The van der Waals surface area contributed by atoms with Crippen LogP contribution in [0.4, 0.5) is 0 Å². The number of aromatic nitrogens is 1. The van der Waals surface area contributed by atoms with E-state index in [4.69, 9.17) is 5.73 Å². The number of pyridine rings is 1. The Hall–Kier alpha value is -2.07. The van der Waals surface area contributed by atoms with E-state index in [1.54, 1.807) is 0 Å². The highest BCUT2D eigenvalue weighted by atomic mass is 15.2. The first-order valence-electron chi connectivity index (χ1n) is 6.99. The number of likely N-dealkylation sites (N-methyl/N-ethyl adjacent to an activating group) is 1. The van der Waals surface area contributed by atoms with E-state index in [1.807, 2.05) is 18.5 Å². The van der Waals surface area contributed by atoms with Crippen molar-refractivity contribution in [3.8, 4) is 0 Å². The van der Waals surface area contributed by atoms with Crippen LogP contribution in [0.5, 0.6) is 0 Å². The fourth-order valence-electron chi connectivity index (χ4n) is 2.91. The third-order valence-corrected chi connectivity index (χ3v) is 3.88. The normalized spacial score (nSPS) is 18.7. The van der Waals surface area contributed by atoms with Gasteiger partial charge in [-0.15, -0.1) is 0 Å². The largest absolute Gasteiger partial charge is 0.359 e. The highest BCUT2D eigenvalue weighted by molar-refractivity contribution is 5.42. The first-order valence-corrected chi connectivity index (χ1v) is 6.99. The Labute approximate surface area is 119 Å². The highest BCUT2D eigenvalue weighted by Gasteiger charge is 2.29. The molecule has 4 nitrogen and oxygen atoms in total. The maximum atomic E-state index is 5.82. The van der Waals surface area contributed by atoms with Gasteiger partial charge in [0.05, 0.1) is 17.4 Å². The molecule has 0 amide bonds. The van der Waals surface area contributed by atoms with Crippen molar-refractivity contribution >= 4 is 0 Å². The zero-order valence-corrected chi connectivity index (χ0v) is 11.7. The molecule has 1 atom stereocenters. The van der Waals surface area contributed by atoms with Gasteiger partial charge in [-0.1, -0.05) is 6.07 Å². The van der Waals surface area contributed by atoms with E-state index < -0.39 is 0 Å². The van der Waals surface area contributed by atoms with Gasteiger partial charge in [-0.05, 0) is 42.8 Å². The highest BCUT2D eigenvalue weighted by Crippen LogP contribution is 2.36. The molecule has 2 aliphatic heterocycles. The Morgan fingerprint density at radius 2 is 2.30 bits per heavy atom. The van der Waals surface area contributed by atoms with Gasteiger partial charge in [0, 0.05) is 32.2 Å². The number of rotatable bonds is 4. The quantitative estimate of drug-likeness (QED) is 0.907. The van der Waals surface area contributed by atoms with Crippen LogP contribution < -0.4 is 5.73 Å². The first kappa shape index (κ1) is 12.9. The average Bonchev–Trinajstić information content (AvgIpc) is 2.91. The van der Waals surface area contributed by atoms with Crippen molar-refractivity contribution in [1.82, 2.24) is 14.8 Å². The van der Waals surface area contributed by atoms with Crippen LogP contribution in [0.1, 0.15) is 18.0 Å². The summed E-state index contributed by atoms with van der Waals surface area (Å²) in [5.74, 6) is 0. The van der Waals surface area contributed by atoms with Crippen molar-refractivity contribution in [1.29, 1.82) is 0 Å². The number of nitrogens with two attached hydrogens (primary N) is 1. The van der Waals surface area contributed by atoms with Gasteiger partial charge >= 0.3 is 0 Å². The molecule has 3 heterocycles. The Morgan fingerprint density at radius 3 is 3.05 bits per heavy atom. The molecular formula is C16H20N4. The molecule has 2 aliphatic rings. The van der Waals surface area contributed by atoms with E-state index in [-0.39, 0.29) is 6.04 Å². The molecule has 1 aromatic rings. The Kier molecular flexibility index (Phi) is 3.56. The van der Waals surface area contributed by atoms with E-state index in [9.17, 15) is 0 Å². The molecule has 1 aromatic heterocycles. The van der Waals surface area contributed by atoms with Crippen molar-refractivity contribution in [2.24, 2.45) is 5.73 Å². The molecule has 0 aromatic carbocycles. The summed E-state index contributed by atoms with van der Waals surface area (Å²) in [6, 6.07) is 4.41. The van der Waals surface area contributed by atoms with E-state index in [0.717, 1.165) is 13.0 Å². The van der Waals surface area contributed by atoms with Crippen molar-refractivity contribution in [2.75, 3.05) is 20.1 Å². The molecule has 0 aliphatic carbocycles. The molecule has 0 radical (unpaired) electrons. The fourth-order valence-corrected chi connectivity index (χ4v) is 2.91. The summed E-state index contributed by atoms with van der Waals surface area (Å²) < 4.78 is 0. The van der Waals surface area contributed by atoms with Crippen molar-refractivity contribution in [3.05, 3.63) is 65.9 Å². The number of hydrogen-bond acceptors (Lipinski definition) is 4. The molecule has 2 N–H and O–H groups in total. The molecule has 0 fully saturated rings.